The Morgan fingerprint density at radius 2 is 2.05 bits per heavy atom. The Morgan fingerprint density at radius 1 is 1.37 bits per heavy atom. The van der Waals surface area contributed by atoms with Crippen LogP contribution >= 0.6 is 11.6 Å². The molecule has 1 fully saturated rings. The Kier molecular flexibility index (Phi) is 4.88. The first-order valence-electron chi connectivity index (χ1n) is 6.94. The Morgan fingerprint density at radius 3 is 2.68 bits per heavy atom. The van der Waals surface area contributed by atoms with Crippen molar-refractivity contribution in [2.24, 2.45) is 0 Å². The summed E-state index contributed by atoms with van der Waals surface area (Å²) >= 11 is 6.06. The van der Waals surface area contributed by atoms with Crippen LogP contribution < -0.4 is 15.5 Å². The highest BCUT2D eigenvalue weighted by molar-refractivity contribution is 6.29. The Balaban J connectivity index is 2.22. The molecular formula is C14H23ClN4. The van der Waals surface area contributed by atoms with Gasteiger partial charge in [-0.25, -0.2) is 4.98 Å². The van der Waals surface area contributed by atoms with Gasteiger partial charge in [0, 0.05) is 19.1 Å². The molecule has 1 aliphatic rings. The van der Waals surface area contributed by atoms with E-state index in [4.69, 9.17) is 11.6 Å². The lowest BCUT2D eigenvalue weighted by Gasteiger charge is -2.34. The topological polar surface area (TPSA) is 40.2 Å². The molecule has 0 aromatic carbocycles. The van der Waals surface area contributed by atoms with Gasteiger partial charge in [-0.3, -0.25) is 0 Å². The van der Waals surface area contributed by atoms with Gasteiger partial charge in [-0.15, -0.1) is 0 Å². The number of nitrogens with zero attached hydrogens (tertiary/aromatic N) is 2. The molecule has 0 amide bonds. The smallest absolute Gasteiger partial charge is 0.153 e. The lowest BCUT2D eigenvalue weighted by molar-refractivity contribution is 0.442. The monoisotopic (exact) mass is 282 g/mol. The minimum atomic E-state index is 0.378. The highest BCUT2D eigenvalue weighted by Crippen LogP contribution is 2.28. The van der Waals surface area contributed by atoms with Crippen molar-refractivity contribution in [2.75, 3.05) is 30.4 Å². The zero-order valence-corrected chi connectivity index (χ0v) is 12.7. The van der Waals surface area contributed by atoms with Crippen LogP contribution in [0.5, 0.6) is 0 Å². The first kappa shape index (κ1) is 14.4. The Bertz CT molecular complexity index is 416. The van der Waals surface area contributed by atoms with Crippen LogP contribution in [-0.4, -0.2) is 37.2 Å². The number of aromatic nitrogens is 1. The van der Waals surface area contributed by atoms with Crippen LogP contribution in [0.25, 0.3) is 0 Å². The fourth-order valence-electron chi connectivity index (χ4n) is 2.48. The second kappa shape index (κ2) is 6.44. The minimum Gasteiger partial charge on any atom is -0.380 e. The van der Waals surface area contributed by atoms with E-state index in [9.17, 15) is 0 Å². The number of halogens is 1. The maximum absolute atomic E-state index is 6.06. The Labute approximate surface area is 120 Å². The van der Waals surface area contributed by atoms with Crippen LogP contribution in [0.3, 0.4) is 0 Å². The van der Waals surface area contributed by atoms with E-state index >= 15 is 0 Å². The van der Waals surface area contributed by atoms with Crippen molar-refractivity contribution in [3.8, 4) is 0 Å². The zero-order valence-electron chi connectivity index (χ0n) is 11.9. The number of piperidine rings is 1. The molecule has 1 aliphatic heterocycles. The van der Waals surface area contributed by atoms with E-state index in [1.165, 1.54) is 0 Å². The molecule has 0 unspecified atom stereocenters. The summed E-state index contributed by atoms with van der Waals surface area (Å²) in [5.41, 5.74) is 1.06. The van der Waals surface area contributed by atoms with Gasteiger partial charge >= 0.3 is 0 Å². The van der Waals surface area contributed by atoms with E-state index in [1.807, 2.05) is 12.1 Å². The Hall–Kier alpha value is -1.00. The van der Waals surface area contributed by atoms with Gasteiger partial charge in [0.05, 0.1) is 5.69 Å². The maximum Gasteiger partial charge on any atom is 0.153 e. The summed E-state index contributed by atoms with van der Waals surface area (Å²) < 4.78 is 0. The summed E-state index contributed by atoms with van der Waals surface area (Å²) in [5, 5.41) is 7.38. The number of hydrogen-bond acceptors (Lipinski definition) is 4. The third-order valence-corrected chi connectivity index (χ3v) is 3.69. The van der Waals surface area contributed by atoms with Crippen molar-refractivity contribution < 1.29 is 0 Å². The van der Waals surface area contributed by atoms with Gasteiger partial charge in [-0.2, -0.15) is 0 Å². The van der Waals surface area contributed by atoms with E-state index in [1.54, 1.807) is 0 Å². The molecule has 2 N–H and O–H groups in total. The van der Waals surface area contributed by atoms with Crippen LogP contribution in [-0.2, 0) is 0 Å². The molecule has 2 rings (SSSR count). The molecule has 0 aliphatic carbocycles. The van der Waals surface area contributed by atoms with Crippen molar-refractivity contribution in [3.05, 3.63) is 17.3 Å². The van der Waals surface area contributed by atoms with Gasteiger partial charge in [-0.05, 0) is 51.9 Å². The molecule has 19 heavy (non-hydrogen) atoms. The predicted molar refractivity (Wildman–Crippen MR) is 82.3 cm³/mol. The predicted octanol–water partition coefficient (Wildman–Crippen LogP) is 2.74. The third kappa shape index (κ3) is 3.74. The van der Waals surface area contributed by atoms with Crippen LogP contribution in [0.15, 0.2) is 12.1 Å². The van der Waals surface area contributed by atoms with Crippen LogP contribution in [0.1, 0.15) is 26.7 Å². The molecule has 5 heteroatoms. The molecule has 1 aromatic rings. The van der Waals surface area contributed by atoms with E-state index in [2.05, 4.69) is 41.4 Å². The quantitative estimate of drug-likeness (QED) is 0.833. The summed E-state index contributed by atoms with van der Waals surface area (Å²) in [4.78, 5) is 6.77. The van der Waals surface area contributed by atoms with Crippen LogP contribution in [0, 0.1) is 0 Å². The van der Waals surface area contributed by atoms with Crippen molar-refractivity contribution in [2.45, 2.75) is 38.8 Å². The molecule has 1 saturated heterocycles. The molecule has 1 aromatic heterocycles. The molecule has 0 radical (unpaired) electrons. The maximum atomic E-state index is 6.06. The minimum absolute atomic E-state index is 0.378. The van der Waals surface area contributed by atoms with Crippen molar-refractivity contribution in [1.82, 2.24) is 10.3 Å². The SMILES string of the molecule is CC(C)Nc1ccc(Cl)nc1N(C)C1CCNCC1. The van der Waals surface area contributed by atoms with Crippen molar-refractivity contribution >= 4 is 23.1 Å². The number of pyridine rings is 1. The third-order valence-electron chi connectivity index (χ3n) is 3.48. The molecule has 0 saturated carbocycles. The summed E-state index contributed by atoms with van der Waals surface area (Å²) in [6.07, 6.45) is 2.29. The number of hydrogen-bond donors (Lipinski definition) is 2. The average Bonchev–Trinajstić information content (AvgIpc) is 2.40. The van der Waals surface area contributed by atoms with E-state index in [0.29, 0.717) is 17.2 Å². The highest BCUT2D eigenvalue weighted by Gasteiger charge is 2.21. The molecule has 0 atom stereocenters. The van der Waals surface area contributed by atoms with E-state index in [0.717, 1.165) is 37.4 Å². The second-order valence-corrected chi connectivity index (χ2v) is 5.78. The summed E-state index contributed by atoms with van der Waals surface area (Å²) in [5.74, 6) is 0.952. The van der Waals surface area contributed by atoms with Crippen molar-refractivity contribution in [3.63, 3.8) is 0 Å². The number of nitrogens with one attached hydrogen (secondary N) is 2. The average molecular weight is 283 g/mol. The first-order chi connectivity index (χ1) is 9.08. The summed E-state index contributed by atoms with van der Waals surface area (Å²) in [6, 6.07) is 4.76. The molecular weight excluding hydrogens is 260 g/mol. The fraction of sp³-hybridized carbons (Fsp3) is 0.643. The molecule has 2 heterocycles. The van der Waals surface area contributed by atoms with Gasteiger partial charge in [0.2, 0.25) is 0 Å². The molecule has 4 nitrogen and oxygen atoms in total. The normalized spacial score (nSPS) is 16.7. The van der Waals surface area contributed by atoms with E-state index in [-0.39, 0.29) is 0 Å². The number of anilines is 2. The second-order valence-electron chi connectivity index (χ2n) is 5.40. The standard InChI is InChI=1S/C14H23ClN4/c1-10(2)17-12-4-5-13(15)18-14(12)19(3)11-6-8-16-9-7-11/h4-5,10-11,16-17H,6-9H2,1-3H3. The van der Waals surface area contributed by atoms with Crippen LogP contribution in [0.2, 0.25) is 5.15 Å². The number of rotatable bonds is 4. The highest BCUT2D eigenvalue weighted by atomic mass is 35.5. The molecule has 0 bridgehead atoms. The summed E-state index contributed by atoms with van der Waals surface area (Å²) in [6.45, 7) is 6.40. The largest absolute Gasteiger partial charge is 0.380 e. The molecule has 0 spiro atoms. The van der Waals surface area contributed by atoms with Crippen LogP contribution in [0.4, 0.5) is 11.5 Å². The van der Waals surface area contributed by atoms with Gasteiger partial charge < -0.3 is 15.5 Å². The van der Waals surface area contributed by atoms with Gasteiger partial charge in [0.25, 0.3) is 0 Å². The zero-order chi connectivity index (χ0) is 13.8. The van der Waals surface area contributed by atoms with Crippen molar-refractivity contribution in [1.29, 1.82) is 0 Å². The first-order valence-corrected chi connectivity index (χ1v) is 7.32. The van der Waals surface area contributed by atoms with Gasteiger partial charge in [0.15, 0.2) is 5.82 Å². The summed E-state index contributed by atoms with van der Waals surface area (Å²) in [7, 11) is 2.11. The molecule has 106 valence electrons. The van der Waals surface area contributed by atoms with Gasteiger partial charge in [-0.1, -0.05) is 11.6 Å². The van der Waals surface area contributed by atoms with Gasteiger partial charge in [0.1, 0.15) is 5.15 Å². The lowest BCUT2D eigenvalue weighted by atomic mass is 10.1. The lowest BCUT2D eigenvalue weighted by Crippen LogP contribution is -2.41. The fourth-order valence-corrected chi connectivity index (χ4v) is 2.63. The van der Waals surface area contributed by atoms with E-state index < -0.39 is 0 Å².